The molecule has 0 aliphatic rings. The summed E-state index contributed by atoms with van der Waals surface area (Å²) in [4.78, 5) is 8.84. The molecule has 0 radical (unpaired) electrons. The fourth-order valence-corrected chi connectivity index (χ4v) is 1.61. The second-order valence-electron chi connectivity index (χ2n) is 3.58. The highest BCUT2D eigenvalue weighted by atomic mass is 16.5. The Morgan fingerprint density at radius 2 is 2.06 bits per heavy atom. The van der Waals surface area contributed by atoms with Gasteiger partial charge in [0.05, 0.1) is 12.1 Å². The molecule has 2 N–H and O–H groups in total. The number of fused-ring (bicyclic) bond motifs is 1. The van der Waals surface area contributed by atoms with Crippen molar-refractivity contribution in [1.29, 1.82) is 0 Å². The third kappa shape index (κ3) is 2.62. The predicted octanol–water partition coefficient (Wildman–Crippen LogP) is 1.73. The Morgan fingerprint density at radius 1 is 1.24 bits per heavy atom. The summed E-state index contributed by atoms with van der Waals surface area (Å²) in [5, 5.41) is 7.22. The monoisotopic (exact) mass is 232 g/mol. The number of para-hydroxylation sites is 1. The molecule has 0 spiro atoms. The van der Waals surface area contributed by atoms with Gasteiger partial charge < -0.3 is 15.4 Å². The lowest BCUT2D eigenvalue weighted by atomic mass is 10.2. The number of rotatable bonds is 5. The van der Waals surface area contributed by atoms with Gasteiger partial charge in [-0.15, -0.1) is 0 Å². The first kappa shape index (κ1) is 11.6. The largest absolute Gasteiger partial charge is 0.383 e. The molecule has 1 aromatic heterocycles. The van der Waals surface area contributed by atoms with Crippen LogP contribution in [0.25, 0.3) is 10.9 Å². The first-order valence-corrected chi connectivity index (χ1v) is 5.52. The molecule has 5 heteroatoms. The van der Waals surface area contributed by atoms with Gasteiger partial charge in [-0.2, -0.15) is 4.98 Å². The van der Waals surface area contributed by atoms with Crippen LogP contribution in [0.3, 0.4) is 0 Å². The average molecular weight is 232 g/mol. The van der Waals surface area contributed by atoms with Crippen molar-refractivity contribution in [3.05, 3.63) is 24.3 Å². The molecule has 0 bridgehead atoms. The Labute approximate surface area is 100 Å². The number of hydrogen-bond acceptors (Lipinski definition) is 5. The molecule has 0 amide bonds. The van der Waals surface area contributed by atoms with Crippen molar-refractivity contribution in [3.8, 4) is 0 Å². The summed E-state index contributed by atoms with van der Waals surface area (Å²) in [7, 11) is 3.52. The Hall–Kier alpha value is -1.88. The first-order chi connectivity index (χ1) is 8.35. The quantitative estimate of drug-likeness (QED) is 0.769. The minimum atomic E-state index is 0.616. The lowest BCUT2D eigenvalue weighted by molar-refractivity contribution is 0.210. The SMILES string of the molecule is CNc1nc(NCCOC)nc2ccccc12. The maximum absolute atomic E-state index is 4.97. The Bertz CT molecular complexity index is 501. The van der Waals surface area contributed by atoms with E-state index >= 15 is 0 Å². The number of hydrogen-bond donors (Lipinski definition) is 2. The second-order valence-corrected chi connectivity index (χ2v) is 3.58. The number of ether oxygens (including phenoxy) is 1. The van der Waals surface area contributed by atoms with E-state index in [1.54, 1.807) is 7.11 Å². The topological polar surface area (TPSA) is 59.1 Å². The molecule has 1 aromatic carbocycles. The molecule has 0 saturated heterocycles. The Balaban J connectivity index is 2.32. The highest BCUT2D eigenvalue weighted by Gasteiger charge is 2.05. The van der Waals surface area contributed by atoms with Crippen molar-refractivity contribution in [2.75, 3.05) is 37.9 Å². The van der Waals surface area contributed by atoms with Gasteiger partial charge >= 0.3 is 0 Å². The highest BCUT2D eigenvalue weighted by Crippen LogP contribution is 2.20. The van der Waals surface area contributed by atoms with Crippen LogP contribution in [0.1, 0.15) is 0 Å². The van der Waals surface area contributed by atoms with Gasteiger partial charge in [0, 0.05) is 26.1 Å². The van der Waals surface area contributed by atoms with E-state index in [1.807, 2.05) is 31.3 Å². The van der Waals surface area contributed by atoms with Gasteiger partial charge in [0.25, 0.3) is 0 Å². The molecule has 0 atom stereocenters. The summed E-state index contributed by atoms with van der Waals surface area (Å²) in [5.41, 5.74) is 0.923. The lowest BCUT2D eigenvalue weighted by Gasteiger charge is -2.09. The van der Waals surface area contributed by atoms with Gasteiger partial charge in [0.15, 0.2) is 0 Å². The molecular weight excluding hydrogens is 216 g/mol. The summed E-state index contributed by atoms with van der Waals surface area (Å²) < 4.78 is 4.97. The van der Waals surface area contributed by atoms with Gasteiger partial charge in [-0.05, 0) is 12.1 Å². The zero-order chi connectivity index (χ0) is 12.1. The van der Waals surface area contributed by atoms with E-state index < -0.39 is 0 Å². The van der Waals surface area contributed by atoms with Gasteiger partial charge in [0.2, 0.25) is 5.95 Å². The van der Waals surface area contributed by atoms with E-state index in [-0.39, 0.29) is 0 Å². The van der Waals surface area contributed by atoms with E-state index in [2.05, 4.69) is 20.6 Å². The summed E-state index contributed by atoms with van der Waals surface area (Å²) in [6, 6.07) is 7.91. The number of nitrogens with one attached hydrogen (secondary N) is 2. The molecule has 0 fully saturated rings. The van der Waals surface area contributed by atoms with Crippen molar-refractivity contribution in [1.82, 2.24) is 9.97 Å². The van der Waals surface area contributed by atoms with Crippen LogP contribution >= 0.6 is 0 Å². The van der Waals surface area contributed by atoms with Gasteiger partial charge in [-0.3, -0.25) is 0 Å². The summed E-state index contributed by atoms with van der Waals surface area (Å²) >= 11 is 0. The average Bonchev–Trinajstić information content (AvgIpc) is 2.38. The maximum Gasteiger partial charge on any atom is 0.225 e. The highest BCUT2D eigenvalue weighted by molar-refractivity contribution is 5.89. The molecule has 2 aromatic rings. The lowest BCUT2D eigenvalue weighted by Crippen LogP contribution is -2.11. The number of methoxy groups -OCH3 is 1. The molecule has 5 nitrogen and oxygen atoms in total. The van der Waals surface area contributed by atoms with Crippen LogP contribution in [-0.2, 0) is 4.74 Å². The van der Waals surface area contributed by atoms with E-state index in [9.17, 15) is 0 Å². The smallest absolute Gasteiger partial charge is 0.225 e. The second kappa shape index (κ2) is 5.45. The van der Waals surface area contributed by atoms with Gasteiger partial charge in [-0.1, -0.05) is 12.1 Å². The molecule has 0 saturated carbocycles. The molecule has 0 aliphatic heterocycles. The minimum absolute atomic E-state index is 0.616. The molecule has 0 unspecified atom stereocenters. The number of benzene rings is 1. The standard InChI is InChI=1S/C12H16N4O/c1-13-11-9-5-3-4-6-10(9)15-12(16-11)14-7-8-17-2/h3-6H,7-8H2,1-2H3,(H2,13,14,15,16). The molecule has 2 rings (SSSR count). The van der Waals surface area contributed by atoms with Crippen molar-refractivity contribution >= 4 is 22.7 Å². The van der Waals surface area contributed by atoms with Crippen LogP contribution in [0.4, 0.5) is 11.8 Å². The van der Waals surface area contributed by atoms with Crippen molar-refractivity contribution in [2.45, 2.75) is 0 Å². The third-order valence-corrected chi connectivity index (χ3v) is 2.43. The third-order valence-electron chi connectivity index (χ3n) is 2.43. The minimum Gasteiger partial charge on any atom is -0.383 e. The van der Waals surface area contributed by atoms with Crippen LogP contribution in [0.15, 0.2) is 24.3 Å². The van der Waals surface area contributed by atoms with Crippen LogP contribution in [0.5, 0.6) is 0 Å². The van der Waals surface area contributed by atoms with E-state index in [0.717, 1.165) is 16.7 Å². The molecular formula is C12H16N4O. The summed E-state index contributed by atoms with van der Waals surface area (Å²) in [5.74, 6) is 1.45. The first-order valence-electron chi connectivity index (χ1n) is 5.52. The van der Waals surface area contributed by atoms with Crippen molar-refractivity contribution in [2.24, 2.45) is 0 Å². The zero-order valence-electron chi connectivity index (χ0n) is 10.0. The number of nitrogens with zero attached hydrogens (tertiary/aromatic N) is 2. The van der Waals surface area contributed by atoms with E-state index in [0.29, 0.717) is 19.1 Å². The Kier molecular flexibility index (Phi) is 3.72. The van der Waals surface area contributed by atoms with Crippen LogP contribution in [0.2, 0.25) is 0 Å². The predicted molar refractivity (Wildman–Crippen MR) is 69.5 cm³/mol. The van der Waals surface area contributed by atoms with E-state index in [1.165, 1.54) is 0 Å². The van der Waals surface area contributed by atoms with Crippen molar-refractivity contribution in [3.63, 3.8) is 0 Å². The molecule has 90 valence electrons. The van der Waals surface area contributed by atoms with Crippen LogP contribution < -0.4 is 10.6 Å². The number of aromatic nitrogens is 2. The van der Waals surface area contributed by atoms with Gasteiger partial charge in [0.1, 0.15) is 5.82 Å². The Morgan fingerprint density at radius 3 is 2.82 bits per heavy atom. The zero-order valence-corrected chi connectivity index (χ0v) is 10.0. The number of anilines is 2. The molecule has 0 aliphatic carbocycles. The van der Waals surface area contributed by atoms with Gasteiger partial charge in [-0.25, -0.2) is 4.98 Å². The maximum atomic E-state index is 4.97. The normalized spacial score (nSPS) is 10.5. The summed E-state index contributed by atoms with van der Waals surface area (Å²) in [6.45, 7) is 1.32. The summed E-state index contributed by atoms with van der Waals surface area (Å²) in [6.07, 6.45) is 0. The fourth-order valence-electron chi connectivity index (χ4n) is 1.61. The molecule has 17 heavy (non-hydrogen) atoms. The van der Waals surface area contributed by atoms with Crippen molar-refractivity contribution < 1.29 is 4.74 Å². The van der Waals surface area contributed by atoms with Crippen LogP contribution in [-0.4, -0.2) is 37.3 Å². The van der Waals surface area contributed by atoms with Crippen LogP contribution in [0, 0.1) is 0 Å². The van der Waals surface area contributed by atoms with E-state index in [4.69, 9.17) is 4.74 Å². The fraction of sp³-hybridized carbons (Fsp3) is 0.333. The molecule has 1 heterocycles.